The predicted molar refractivity (Wildman–Crippen MR) is 69.6 cm³/mol. The zero-order chi connectivity index (χ0) is 12.5. The van der Waals surface area contributed by atoms with Gasteiger partial charge in [0.25, 0.3) is 0 Å². The van der Waals surface area contributed by atoms with Gasteiger partial charge in [0.2, 0.25) is 0 Å². The van der Waals surface area contributed by atoms with Crippen molar-refractivity contribution in [3.05, 3.63) is 34.1 Å². The lowest BCUT2D eigenvalue weighted by Crippen LogP contribution is -2.28. The number of benzene rings is 1. The fourth-order valence-corrected chi connectivity index (χ4v) is 3.12. The van der Waals surface area contributed by atoms with Gasteiger partial charge in [0.05, 0.1) is 10.0 Å². The Morgan fingerprint density at radius 2 is 2.06 bits per heavy atom. The van der Waals surface area contributed by atoms with E-state index in [1.54, 1.807) is 18.2 Å². The predicted octanol–water partition coefficient (Wildman–Crippen LogP) is 4.74. The summed E-state index contributed by atoms with van der Waals surface area (Å²) in [6, 6.07) is 4.94. The number of carbonyl (C=O) groups is 1. The van der Waals surface area contributed by atoms with Gasteiger partial charge in [-0.25, -0.2) is 4.39 Å². The second kappa shape index (κ2) is 4.89. The van der Waals surface area contributed by atoms with Crippen LogP contribution in [-0.4, -0.2) is 5.78 Å². The Bertz CT molecular complexity index is 436. The summed E-state index contributed by atoms with van der Waals surface area (Å²) in [6.45, 7) is 2.03. The topological polar surface area (TPSA) is 17.1 Å². The van der Waals surface area contributed by atoms with E-state index in [9.17, 15) is 9.18 Å². The van der Waals surface area contributed by atoms with Gasteiger partial charge in [-0.15, -0.1) is 0 Å². The van der Waals surface area contributed by atoms with Crippen molar-refractivity contribution in [3.63, 3.8) is 0 Å². The molecule has 17 heavy (non-hydrogen) atoms. The molecule has 0 unspecified atom stereocenters. The number of ketones is 1. The summed E-state index contributed by atoms with van der Waals surface area (Å²) in [4.78, 5) is 12.5. The van der Waals surface area contributed by atoms with Crippen molar-refractivity contribution in [1.82, 2.24) is 0 Å². The lowest BCUT2D eigenvalue weighted by molar-refractivity contribution is 0.0786. The molecule has 0 N–H and O–H groups in total. The van der Waals surface area contributed by atoms with Crippen LogP contribution in [0, 0.1) is 11.2 Å². The Morgan fingerprint density at radius 3 is 2.65 bits per heavy atom. The molecule has 1 nitrogen and oxygen atoms in total. The van der Waals surface area contributed by atoms with Crippen LogP contribution < -0.4 is 0 Å². The largest absolute Gasteiger partial charge is 0.293 e. The van der Waals surface area contributed by atoms with E-state index in [2.05, 4.69) is 15.9 Å². The van der Waals surface area contributed by atoms with Crippen molar-refractivity contribution >= 4 is 21.7 Å². The SMILES string of the molecule is CCC1(C(=O)c2cccc(Br)c2F)CCCC1. The van der Waals surface area contributed by atoms with Crippen molar-refractivity contribution < 1.29 is 9.18 Å². The molecule has 0 atom stereocenters. The number of halogens is 2. The summed E-state index contributed by atoms with van der Waals surface area (Å²) < 4.78 is 14.3. The average molecular weight is 299 g/mol. The third-order valence-corrected chi connectivity index (χ3v) is 4.53. The molecule has 0 radical (unpaired) electrons. The van der Waals surface area contributed by atoms with Crippen LogP contribution >= 0.6 is 15.9 Å². The fraction of sp³-hybridized carbons (Fsp3) is 0.500. The number of Topliss-reactive ketones (excluding diaryl/α,β-unsaturated/α-hetero) is 1. The highest BCUT2D eigenvalue weighted by Gasteiger charge is 2.40. The molecule has 1 aromatic rings. The molecule has 1 aliphatic rings. The molecule has 0 aromatic heterocycles. The van der Waals surface area contributed by atoms with E-state index in [4.69, 9.17) is 0 Å². The highest BCUT2D eigenvalue weighted by Crippen LogP contribution is 2.44. The van der Waals surface area contributed by atoms with Crippen LogP contribution in [0.4, 0.5) is 4.39 Å². The first-order valence-electron chi connectivity index (χ1n) is 6.09. The van der Waals surface area contributed by atoms with Crippen LogP contribution in [-0.2, 0) is 0 Å². The number of hydrogen-bond acceptors (Lipinski definition) is 1. The van der Waals surface area contributed by atoms with Gasteiger partial charge in [-0.3, -0.25) is 4.79 Å². The molecule has 0 heterocycles. The van der Waals surface area contributed by atoms with E-state index in [1.165, 1.54) is 0 Å². The third kappa shape index (κ3) is 2.17. The molecular formula is C14H16BrFO. The fourth-order valence-electron chi connectivity index (χ4n) is 2.76. The average Bonchev–Trinajstić information content (AvgIpc) is 2.82. The van der Waals surface area contributed by atoms with E-state index in [1.807, 2.05) is 6.92 Å². The Labute approximate surface area is 110 Å². The first-order chi connectivity index (χ1) is 8.10. The second-order valence-corrected chi connectivity index (χ2v) is 5.63. The molecule has 1 saturated carbocycles. The van der Waals surface area contributed by atoms with Gasteiger partial charge in [0, 0.05) is 5.41 Å². The maximum Gasteiger partial charge on any atom is 0.171 e. The quantitative estimate of drug-likeness (QED) is 0.737. The van der Waals surface area contributed by atoms with Crippen molar-refractivity contribution in [2.45, 2.75) is 39.0 Å². The molecule has 1 aliphatic carbocycles. The van der Waals surface area contributed by atoms with Crippen molar-refractivity contribution in [2.75, 3.05) is 0 Å². The third-order valence-electron chi connectivity index (χ3n) is 3.92. The maximum atomic E-state index is 13.9. The smallest absolute Gasteiger partial charge is 0.171 e. The molecular weight excluding hydrogens is 283 g/mol. The van der Waals surface area contributed by atoms with E-state index in [-0.39, 0.29) is 16.8 Å². The van der Waals surface area contributed by atoms with E-state index in [0.29, 0.717) is 4.47 Å². The van der Waals surface area contributed by atoms with Gasteiger partial charge in [-0.05, 0) is 47.3 Å². The van der Waals surface area contributed by atoms with Crippen LogP contribution in [0.1, 0.15) is 49.4 Å². The summed E-state index contributed by atoms with van der Waals surface area (Å²) in [5.41, 5.74) is -0.0788. The zero-order valence-electron chi connectivity index (χ0n) is 9.93. The standard InChI is InChI=1S/C14H16BrFO/c1-2-14(8-3-4-9-14)13(17)10-6-5-7-11(15)12(10)16/h5-7H,2-4,8-9H2,1H3. The minimum Gasteiger partial charge on any atom is -0.293 e. The molecule has 0 spiro atoms. The lowest BCUT2D eigenvalue weighted by atomic mass is 9.76. The molecule has 0 bridgehead atoms. The minimum absolute atomic E-state index is 0.0173. The molecule has 1 aromatic carbocycles. The second-order valence-electron chi connectivity index (χ2n) is 4.77. The summed E-state index contributed by atoms with van der Waals surface area (Å²) in [6.07, 6.45) is 4.75. The molecule has 0 saturated heterocycles. The molecule has 92 valence electrons. The normalized spacial score (nSPS) is 18.3. The van der Waals surface area contributed by atoms with Crippen molar-refractivity contribution in [2.24, 2.45) is 5.41 Å². The Hall–Kier alpha value is -0.700. The highest BCUT2D eigenvalue weighted by molar-refractivity contribution is 9.10. The monoisotopic (exact) mass is 298 g/mol. The van der Waals surface area contributed by atoms with Crippen molar-refractivity contribution in [1.29, 1.82) is 0 Å². The van der Waals surface area contributed by atoms with Gasteiger partial charge in [0.15, 0.2) is 5.78 Å². The summed E-state index contributed by atoms with van der Waals surface area (Å²) in [5.74, 6) is -0.437. The first-order valence-corrected chi connectivity index (χ1v) is 6.89. The van der Waals surface area contributed by atoms with Gasteiger partial charge in [-0.2, -0.15) is 0 Å². The zero-order valence-corrected chi connectivity index (χ0v) is 11.5. The van der Waals surface area contributed by atoms with Crippen LogP contribution in [0.3, 0.4) is 0 Å². The molecule has 2 rings (SSSR count). The maximum absolute atomic E-state index is 13.9. The summed E-state index contributed by atoms with van der Waals surface area (Å²) in [7, 11) is 0. The van der Waals surface area contributed by atoms with Crippen LogP contribution in [0.25, 0.3) is 0 Å². The van der Waals surface area contributed by atoms with Gasteiger partial charge in [0.1, 0.15) is 5.82 Å². The summed E-state index contributed by atoms with van der Waals surface area (Å²) >= 11 is 3.14. The summed E-state index contributed by atoms with van der Waals surface area (Å²) in [5, 5.41) is 0. The van der Waals surface area contributed by atoms with E-state index in [0.717, 1.165) is 32.1 Å². The molecule has 0 aliphatic heterocycles. The van der Waals surface area contributed by atoms with Crippen molar-refractivity contribution in [3.8, 4) is 0 Å². The van der Waals surface area contributed by atoms with E-state index < -0.39 is 5.82 Å². The highest BCUT2D eigenvalue weighted by atomic mass is 79.9. The van der Waals surface area contributed by atoms with Gasteiger partial charge < -0.3 is 0 Å². The number of hydrogen-bond donors (Lipinski definition) is 0. The Kier molecular flexibility index (Phi) is 3.67. The van der Waals surface area contributed by atoms with Crippen LogP contribution in [0.15, 0.2) is 22.7 Å². The van der Waals surface area contributed by atoms with E-state index >= 15 is 0 Å². The number of carbonyl (C=O) groups excluding carboxylic acids is 1. The van der Waals surface area contributed by atoms with Gasteiger partial charge >= 0.3 is 0 Å². The molecule has 0 amide bonds. The first kappa shape index (κ1) is 12.7. The lowest BCUT2D eigenvalue weighted by Gasteiger charge is -2.26. The number of rotatable bonds is 3. The minimum atomic E-state index is -0.419. The Morgan fingerprint density at radius 1 is 1.41 bits per heavy atom. The van der Waals surface area contributed by atoms with Gasteiger partial charge in [-0.1, -0.05) is 25.8 Å². The Balaban J connectivity index is 2.39. The molecule has 1 fully saturated rings. The van der Waals surface area contributed by atoms with Crippen LogP contribution in [0.2, 0.25) is 0 Å². The molecule has 3 heteroatoms. The van der Waals surface area contributed by atoms with Crippen LogP contribution in [0.5, 0.6) is 0 Å².